The zero-order valence-electron chi connectivity index (χ0n) is 17.4. The van der Waals surface area contributed by atoms with Crippen molar-refractivity contribution in [3.63, 3.8) is 0 Å². The number of ether oxygens (including phenoxy) is 1. The molecule has 0 aliphatic carbocycles. The smallest absolute Gasteiger partial charge is 0.216 e. The van der Waals surface area contributed by atoms with Crippen LogP contribution in [0.2, 0.25) is 0 Å². The molecule has 6 rings (SSSR count). The quantitative estimate of drug-likeness (QED) is 0.685. The van der Waals surface area contributed by atoms with E-state index in [1.165, 1.54) is 0 Å². The number of fused-ring (bicyclic) bond motifs is 5. The number of guanidine groups is 1. The second-order valence-electron chi connectivity index (χ2n) is 8.14. The SMILES string of the molecule is c1cncc([C@H]2NC3=NCN(CCN4CCOCC4)CN3c3nc4ccccc4n32)c1. The van der Waals surface area contributed by atoms with Crippen LogP contribution < -0.4 is 10.2 Å². The lowest BCUT2D eigenvalue weighted by Gasteiger charge is -2.42. The number of benzene rings is 1. The van der Waals surface area contributed by atoms with E-state index in [1.54, 1.807) is 6.20 Å². The van der Waals surface area contributed by atoms with Gasteiger partial charge in [0.2, 0.25) is 11.9 Å². The highest BCUT2D eigenvalue weighted by Gasteiger charge is 2.35. The number of rotatable bonds is 4. The first-order valence-corrected chi connectivity index (χ1v) is 10.8. The number of aromatic nitrogens is 3. The van der Waals surface area contributed by atoms with Crippen molar-refractivity contribution in [3.8, 4) is 0 Å². The molecule has 160 valence electrons. The summed E-state index contributed by atoms with van der Waals surface area (Å²) in [5, 5.41) is 3.64. The van der Waals surface area contributed by atoms with Gasteiger partial charge in [0.25, 0.3) is 0 Å². The van der Waals surface area contributed by atoms with Crippen LogP contribution >= 0.6 is 0 Å². The Balaban J connectivity index is 1.32. The van der Waals surface area contributed by atoms with Crippen molar-refractivity contribution in [1.82, 2.24) is 29.7 Å². The molecule has 31 heavy (non-hydrogen) atoms. The molecule has 1 aromatic carbocycles. The van der Waals surface area contributed by atoms with Gasteiger partial charge in [-0.25, -0.2) is 9.98 Å². The molecule has 3 aliphatic heterocycles. The third kappa shape index (κ3) is 3.44. The van der Waals surface area contributed by atoms with Crippen molar-refractivity contribution in [1.29, 1.82) is 0 Å². The maximum atomic E-state index is 5.47. The summed E-state index contributed by atoms with van der Waals surface area (Å²) in [7, 11) is 0. The first-order valence-electron chi connectivity index (χ1n) is 10.8. The van der Waals surface area contributed by atoms with E-state index in [9.17, 15) is 0 Å². The highest BCUT2D eigenvalue weighted by atomic mass is 16.5. The largest absolute Gasteiger partial charge is 0.379 e. The Hall–Kier alpha value is -3.01. The molecule has 0 amide bonds. The number of anilines is 1. The van der Waals surface area contributed by atoms with Gasteiger partial charge < -0.3 is 10.1 Å². The summed E-state index contributed by atoms with van der Waals surface area (Å²) in [6.45, 7) is 7.13. The zero-order chi connectivity index (χ0) is 20.6. The van der Waals surface area contributed by atoms with Gasteiger partial charge in [-0.3, -0.25) is 24.3 Å². The predicted octanol–water partition coefficient (Wildman–Crippen LogP) is 1.31. The van der Waals surface area contributed by atoms with E-state index in [0.717, 1.165) is 74.6 Å². The van der Waals surface area contributed by atoms with Crippen LogP contribution in [0.15, 0.2) is 53.8 Å². The summed E-state index contributed by atoms with van der Waals surface area (Å²) >= 11 is 0. The maximum Gasteiger partial charge on any atom is 0.216 e. The number of pyridine rings is 1. The van der Waals surface area contributed by atoms with E-state index in [4.69, 9.17) is 14.7 Å². The van der Waals surface area contributed by atoms with Crippen LogP contribution in [0.3, 0.4) is 0 Å². The van der Waals surface area contributed by atoms with E-state index in [2.05, 4.69) is 53.8 Å². The average Bonchev–Trinajstić information content (AvgIpc) is 3.23. The van der Waals surface area contributed by atoms with Crippen LogP contribution in [-0.2, 0) is 4.74 Å². The van der Waals surface area contributed by atoms with Crippen LogP contribution in [0, 0.1) is 0 Å². The minimum Gasteiger partial charge on any atom is -0.379 e. The number of imidazole rings is 1. The molecule has 3 aromatic rings. The van der Waals surface area contributed by atoms with Crippen molar-refractivity contribution < 1.29 is 4.74 Å². The monoisotopic (exact) mass is 418 g/mol. The molecule has 0 spiro atoms. The molecule has 3 aliphatic rings. The van der Waals surface area contributed by atoms with Gasteiger partial charge in [0.05, 0.1) is 37.6 Å². The standard InChI is InChI=1S/C22H26N8O/c1-2-6-19-18(5-1)25-22-29-16-28(9-8-27-10-12-31-13-11-27)15-24-21(29)26-20(30(19)22)17-4-3-7-23-14-17/h1-7,14,20H,8-13,15-16H2,(H,24,26)/t20-/m0/s1. The number of nitrogens with one attached hydrogen (secondary N) is 1. The fourth-order valence-corrected chi connectivity index (χ4v) is 4.53. The third-order valence-electron chi connectivity index (χ3n) is 6.20. The minimum atomic E-state index is -0.0917. The lowest BCUT2D eigenvalue weighted by atomic mass is 10.2. The summed E-state index contributed by atoms with van der Waals surface area (Å²) in [5.41, 5.74) is 3.17. The second kappa shape index (κ2) is 7.92. The molecule has 1 atom stereocenters. The molecular formula is C22H26N8O. The lowest BCUT2D eigenvalue weighted by Crippen LogP contribution is -2.58. The summed E-state index contributed by atoms with van der Waals surface area (Å²) in [6.07, 6.45) is 3.62. The Labute approximate surface area is 180 Å². The molecule has 0 bridgehead atoms. The Kier molecular flexibility index (Phi) is 4.78. The van der Waals surface area contributed by atoms with Gasteiger partial charge >= 0.3 is 0 Å². The van der Waals surface area contributed by atoms with Crippen molar-refractivity contribution in [2.45, 2.75) is 6.17 Å². The van der Waals surface area contributed by atoms with Gasteiger partial charge in [-0.1, -0.05) is 18.2 Å². The van der Waals surface area contributed by atoms with Crippen molar-refractivity contribution in [3.05, 3.63) is 54.4 Å². The lowest BCUT2D eigenvalue weighted by molar-refractivity contribution is 0.0334. The van der Waals surface area contributed by atoms with Gasteiger partial charge in [0.15, 0.2) is 0 Å². The Morgan fingerprint density at radius 2 is 1.90 bits per heavy atom. The summed E-state index contributed by atoms with van der Waals surface area (Å²) in [6, 6.07) is 12.4. The van der Waals surface area contributed by atoms with Gasteiger partial charge in [0.1, 0.15) is 6.17 Å². The van der Waals surface area contributed by atoms with Gasteiger partial charge in [-0.2, -0.15) is 0 Å². The molecule has 1 N–H and O–H groups in total. The topological polar surface area (TPSA) is 74.1 Å². The molecule has 0 radical (unpaired) electrons. The number of hydrogen-bond acceptors (Lipinski definition) is 8. The van der Waals surface area contributed by atoms with Crippen LogP contribution in [0.5, 0.6) is 0 Å². The fourth-order valence-electron chi connectivity index (χ4n) is 4.53. The predicted molar refractivity (Wildman–Crippen MR) is 119 cm³/mol. The summed E-state index contributed by atoms with van der Waals surface area (Å²) in [5.74, 6) is 1.79. The summed E-state index contributed by atoms with van der Waals surface area (Å²) in [4.78, 5) is 21.2. The number of para-hydroxylation sites is 2. The number of hydrogen-bond donors (Lipinski definition) is 1. The Bertz CT molecular complexity index is 1090. The van der Waals surface area contributed by atoms with E-state index in [-0.39, 0.29) is 6.17 Å². The third-order valence-corrected chi connectivity index (χ3v) is 6.20. The Morgan fingerprint density at radius 3 is 2.77 bits per heavy atom. The maximum absolute atomic E-state index is 5.47. The second-order valence-corrected chi connectivity index (χ2v) is 8.14. The first kappa shape index (κ1) is 18.7. The van der Waals surface area contributed by atoms with Crippen molar-refractivity contribution in [2.75, 3.05) is 57.6 Å². The van der Waals surface area contributed by atoms with Crippen LogP contribution in [0.25, 0.3) is 11.0 Å². The van der Waals surface area contributed by atoms with Gasteiger partial charge in [-0.15, -0.1) is 0 Å². The molecule has 2 aromatic heterocycles. The first-order chi connectivity index (χ1) is 15.4. The normalized spacial score (nSPS) is 22.0. The average molecular weight is 419 g/mol. The summed E-state index contributed by atoms with van der Waals surface area (Å²) < 4.78 is 7.73. The van der Waals surface area contributed by atoms with E-state index in [0.29, 0.717) is 6.67 Å². The molecule has 0 saturated carbocycles. The van der Waals surface area contributed by atoms with E-state index < -0.39 is 0 Å². The Morgan fingerprint density at radius 1 is 1.03 bits per heavy atom. The zero-order valence-corrected chi connectivity index (χ0v) is 17.4. The van der Waals surface area contributed by atoms with Crippen molar-refractivity contribution >= 4 is 22.9 Å². The highest BCUT2D eigenvalue weighted by molar-refractivity contribution is 5.98. The highest BCUT2D eigenvalue weighted by Crippen LogP contribution is 2.33. The fraction of sp³-hybridized carbons (Fsp3) is 0.409. The number of morpholine rings is 1. The molecule has 0 unspecified atom stereocenters. The molecule has 9 nitrogen and oxygen atoms in total. The van der Waals surface area contributed by atoms with Crippen LogP contribution in [-0.4, -0.2) is 83.0 Å². The molecule has 9 heteroatoms. The van der Waals surface area contributed by atoms with Crippen LogP contribution in [0.1, 0.15) is 11.7 Å². The molecule has 1 saturated heterocycles. The molecular weight excluding hydrogens is 392 g/mol. The van der Waals surface area contributed by atoms with Gasteiger partial charge in [0, 0.05) is 44.1 Å². The molecule has 1 fully saturated rings. The van der Waals surface area contributed by atoms with Crippen LogP contribution in [0.4, 0.5) is 5.95 Å². The number of aliphatic imine (C=N–C) groups is 1. The van der Waals surface area contributed by atoms with E-state index in [1.807, 2.05) is 18.3 Å². The number of nitrogens with zero attached hydrogens (tertiary/aromatic N) is 7. The molecule has 5 heterocycles. The van der Waals surface area contributed by atoms with Gasteiger partial charge in [-0.05, 0) is 18.2 Å². The minimum absolute atomic E-state index is 0.0917. The van der Waals surface area contributed by atoms with E-state index >= 15 is 0 Å². The van der Waals surface area contributed by atoms with Crippen molar-refractivity contribution in [2.24, 2.45) is 4.99 Å².